The third-order valence-corrected chi connectivity index (χ3v) is 3.26. The molecule has 0 aromatic heterocycles. The van der Waals surface area contributed by atoms with Crippen molar-refractivity contribution >= 4 is 17.3 Å². The number of hydrogen-bond acceptors (Lipinski definition) is 3. The molecule has 0 fully saturated rings. The van der Waals surface area contributed by atoms with Crippen molar-refractivity contribution in [3.8, 4) is 5.75 Å². The Hall–Kier alpha value is -2.49. The van der Waals surface area contributed by atoms with Crippen LogP contribution in [0.15, 0.2) is 36.4 Å². The standard InChI is InChI=1S/C16H18N2O2/c1-10-4-5-12(8-11(10)2)16(19)18-13-6-7-15(20-3)14(17)9-13/h4-9H,17H2,1-3H3,(H,18,19). The Morgan fingerprint density at radius 2 is 1.85 bits per heavy atom. The molecular formula is C16H18N2O2. The molecule has 2 aromatic rings. The molecule has 1 amide bonds. The quantitative estimate of drug-likeness (QED) is 0.842. The van der Waals surface area contributed by atoms with E-state index in [1.54, 1.807) is 25.3 Å². The lowest BCUT2D eigenvalue weighted by Crippen LogP contribution is -2.12. The van der Waals surface area contributed by atoms with Gasteiger partial charge in [-0.25, -0.2) is 0 Å². The summed E-state index contributed by atoms with van der Waals surface area (Å²) in [6.07, 6.45) is 0. The SMILES string of the molecule is COc1ccc(NC(=O)c2ccc(C)c(C)c2)cc1N. The minimum absolute atomic E-state index is 0.155. The Kier molecular flexibility index (Phi) is 3.94. The van der Waals surface area contributed by atoms with E-state index < -0.39 is 0 Å². The summed E-state index contributed by atoms with van der Waals surface area (Å²) in [5, 5.41) is 2.82. The van der Waals surface area contributed by atoms with E-state index in [0.717, 1.165) is 11.1 Å². The fourth-order valence-corrected chi connectivity index (χ4v) is 1.90. The van der Waals surface area contributed by atoms with Crippen LogP contribution in [0.1, 0.15) is 21.5 Å². The predicted octanol–water partition coefficient (Wildman–Crippen LogP) is 3.15. The molecule has 2 aromatic carbocycles. The van der Waals surface area contributed by atoms with Crippen LogP contribution in [0.2, 0.25) is 0 Å². The average Bonchev–Trinajstić information content (AvgIpc) is 2.42. The first-order valence-corrected chi connectivity index (χ1v) is 6.33. The second kappa shape index (κ2) is 5.65. The van der Waals surface area contributed by atoms with Gasteiger partial charge >= 0.3 is 0 Å². The van der Waals surface area contributed by atoms with Crippen molar-refractivity contribution in [1.82, 2.24) is 0 Å². The van der Waals surface area contributed by atoms with Gasteiger partial charge in [-0.1, -0.05) is 6.07 Å². The van der Waals surface area contributed by atoms with Crippen molar-refractivity contribution in [2.75, 3.05) is 18.2 Å². The highest BCUT2D eigenvalue weighted by Crippen LogP contribution is 2.25. The largest absolute Gasteiger partial charge is 0.495 e. The van der Waals surface area contributed by atoms with E-state index in [4.69, 9.17) is 10.5 Å². The maximum absolute atomic E-state index is 12.2. The molecule has 2 rings (SSSR count). The molecule has 20 heavy (non-hydrogen) atoms. The Morgan fingerprint density at radius 1 is 1.10 bits per heavy atom. The first-order valence-electron chi connectivity index (χ1n) is 6.33. The van der Waals surface area contributed by atoms with Crippen LogP contribution in [-0.4, -0.2) is 13.0 Å². The summed E-state index contributed by atoms with van der Waals surface area (Å²) >= 11 is 0. The first-order chi connectivity index (χ1) is 9.51. The number of hydrogen-bond donors (Lipinski definition) is 2. The Labute approximate surface area is 118 Å². The van der Waals surface area contributed by atoms with Crippen LogP contribution in [0.25, 0.3) is 0 Å². The zero-order valence-corrected chi connectivity index (χ0v) is 11.9. The van der Waals surface area contributed by atoms with Gasteiger partial charge in [0.1, 0.15) is 5.75 Å². The zero-order chi connectivity index (χ0) is 14.7. The van der Waals surface area contributed by atoms with Crippen LogP contribution in [-0.2, 0) is 0 Å². The van der Waals surface area contributed by atoms with Gasteiger partial charge in [0.15, 0.2) is 0 Å². The molecule has 0 aliphatic heterocycles. The van der Waals surface area contributed by atoms with Crippen LogP contribution in [0.5, 0.6) is 5.75 Å². The number of aryl methyl sites for hydroxylation is 2. The first kappa shape index (κ1) is 13.9. The van der Waals surface area contributed by atoms with E-state index in [0.29, 0.717) is 22.7 Å². The highest BCUT2D eigenvalue weighted by atomic mass is 16.5. The number of methoxy groups -OCH3 is 1. The summed E-state index contributed by atoms with van der Waals surface area (Å²) in [5.74, 6) is 0.437. The number of ether oxygens (including phenoxy) is 1. The Bertz CT molecular complexity index is 651. The van der Waals surface area contributed by atoms with Gasteiger partial charge in [0, 0.05) is 11.3 Å². The molecule has 0 aliphatic carbocycles. The number of nitrogen functional groups attached to an aromatic ring is 1. The van der Waals surface area contributed by atoms with Crippen LogP contribution < -0.4 is 15.8 Å². The molecule has 0 spiro atoms. The summed E-state index contributed by atoms with van der Waals surface area (Å²) in [6.45, 7) is 4.00. The Balaban J connectivity index is 2.19. The molecule has 0 unspecified atom stereocenters. The van der Waals surface area contributed by atoms with E-state index >= 15 is 0 Å². The van der Waals surface area contributed by atoms with Crippen molar-refractivity contribution in [2.45, 2.75) is 13.8 Å². The molecule has 0 atom stereocenters. The van der Waals surface area contributed by atoms with E-state index in [2.05, 4.69) is 5.32 Å². The molecule has 4 heteroatoms. The molecule has 4 nitrogen and oxygen atoms in total. The highest BCUT2D eigenvalue weighted by Gasteiger charge is 2.08. The van der Waals surface area contributed by atoms with Gasteiger partial charge in [0.2, 0.25) is 0 Å². The second-order valence-electron chi connectivity index (χ2n) is 4.71. The normalized spacial score (nSPS) is 10.2. The molecule has 3 N–H and O–H groups in total. The molecule has 0 saturated heterocycles. The number of nitrogens with one attached hydrogen (secondary N) is 1. The average molecular weight is 270 g/mol. The van der Waals surface area contributed by atoms with Crippen LogP contribution >= 0.6 is 0 Å². The summed E-state index contributed by atoms with van der Waals surface area (Å²) in [4.78, 5) is 12.2. The van der Waals surface area contributed by atoms with Gasteiger partial charge in [0.05, 0.1) is 12.8 Å². The lowest BCUT2D eigenvalue weighted by molar-refractivity contribution is 0.102. The summed E-state index contributed by atoms with van der Waals surface area (Å²) in [5.41, 5.74) is 9.83. The third kappa shape index (κ3) is 2.91. The molecule has 0 heterocycles. The summed E-state index contributed by atoms with van der Waals surface area (Å²) in [7, 11) is 1.55. The van der Waals surface area contributed by atoms with Crippen molar-refractivity contribution in [1.29, 1.82) is 0 Å². The fraction of sp³-hybridized carbons (Fsp3) is 0.188. The van der Waals surface area contributed by atoms with Gasteiger partial charge in [-0.2, -0.15) is 0 Å². The lowest BCUT2D eigenvalue weighted by atomic mass is 10.1. The number of anilines is 2. The molecule has 0 aliphatic rings. The monoisotopic (exact) mass is 270 g/mol. The van der Waals surface area contributed by atoms with E-state index in [9.17, 15) is 4.79 Å². The van der Waals surface area contributed by atoms with Crippen molar-refractivity contribution in [3.63, 3.8) is 0 Å². The molecular weight excluding hydrogens is 252 g/mol. The van der Waals surface area contributed by atoms with E-state index in [1.165, 1.54) is 0 Å². The van der Waals surface area contributed by atoms with Crippen molar-refractivity contribution in [3.05, 3.63) is 53.1 Å². The maximum Gasteiger partial charge on any atom is 0.255 e. The molecule has 0 saturated carbocycles. The number of carbonyl (C=O) groups is 1. The van der Waals surface area contributed by atoms with Crippen LogP contribution in [0.4, 0.5) is 11.4 Å². The minimum Gasteiger partial charge on any atom is -0.495 e. The number of benzene rings is 2. The fourth-order valence-electron chi connectivity index (χ4n) is 1.90. The van der Waals surface area contributed by atoms with Gasteiger partial charge in [-0.3, -0.25) is 4.79 Å². The number of carbonyl (C=O) groups excluding carboxylic acids is 1. The number of amides is 1. The van der Waals surface area contributed by atoms with Crippen molar-refractivity contribution in [2.24, 2.45) is 0 Å². The van der Waals surface area contributed by atoms with Crippen molar-refractivity contribution < 1.29 is 9.53 Å². The molecule has 0 radical (unpaired) electrons. The number of rotatable bonds is 3. The van der Waals surface area contributed by atoms with Gasteiger partial charge < -0.3 is 15.8 Å². The smallest absolute Gasteiger partial charge is 0.255 e. The highest BCUT2D eigenvalue weighted by molar-refractivity contribution is 6.04. The number of nitrogens with two attached hydrogens (primary N) is 1. The molecule has 104 valence electrons. The summed E-state index contributed by atoms with van der Waals surface area (Å²) < 4.78 is 5.08. The lowest BCUT2D eigenvalue weighted by Gasteiger charge is -2.09. The maximum atomic E-state index is 12.2. The zero-order valence-electron chi connectivity index (χ0n) is 11.9. The third-order valence-electron chi connectivity index (χ3n) is 3.26. The van der Waals surface area contributed by atoms with Gasteiger partial charge in [-0.05, 0) is 55.3 Å². The Morgan fingerprint density at radius 3 is 2.45 bits per heavy atom. The van der Waals surface area contributed by atoms with Gasteiger partial charge in [0.25, 0.3) is 5.91 Å². The molecule has 0 bridgehead atoms. The topological polar surface area (TPSA) is 64.3 Å². The summed E-state index contributed by atoms with van der Waals surface area (Å²) in [6, 6.07) is 10.8. The minimum atomic E-state index is -0.155. The van der Waals surface area contributed by atoms with E-state index in [1.807, 2.05) is 32.0 Å². The van der Waals surface area contributed by atoms with Crippen LogP contribution in [0, 0.1) is 13.8 Å². The predicted molar refractivity (Wildman–Crippen MR) is 81.3 cm³/mol. The van der Waals surface area contributed by atoms with Crippen LogP contribution in [0.3, 0.4) is 0 Å². The van der Waals surface area contributed by atoms with E-state index in [-0.39, 0.29) is 5.91 Å². The van der Waals surface area contributed by atoms with Gasteiger partial charge in [-0.15, -0.1) is 0 Å². The second-order valence-corrected chi connectivity index (χ2v) is 4.71.